The second kappa shape index (κ2) is 52.4. The molecular formula is C57H105NO5. The Morgan fingerprint density at radius 2 is 0.794 bits per heavy atom. The molecule has 6 heteroatoms. The van der Waals surface area contributed by atoms with Crippen LogP contribution in [-0.4, -0.2) is 47.4 Å². The Kier molecular flexibility index (Phi) is 50.6. The maximum absolute atomic E-state index is 12.5. The van der Waals surface area contributed by atoms with Gasteiger partial charge in [-0.1, -0.05) is 223 Å². The Hall–Kier alpha value is -2.18. The van der Waals surface area contributed by atoms with E-state index in [4.69, 9.17) is 4.74 Å². The second-order valence-electron chi connectivity index (χ2n) is 18.5. The molecule has 0 aromatic heterocycles. The molecule has 0 saturated heterocycles. The van der Waals surface area contributed by atoms with Crippen molar-refractivity contribution in [2.75, 3.05) is 13.2 Å². The maximum Gasteiger partial charge on any atom is 0.305 e. The Bertz CT molecular complexity index is 1070. The van der Waals surface area contributed by atoms with Gasteiger partial charge in [-0.25, -0.2) is 0 Å². The molecule has 0 radical (unpaired) electrons. The highest BCUT2D eigenvalue weighted by Crippen LogP contribution is 2.16. The van der Waals surface area contributed by atoms with Crippen LogP contribution in [0.4, 0.5) is 0 Å². The first-order chi connectivity index (χ1) is 31.0. The van der Waals surface area contributed by atoms with E-state index in [2.05, 4.69) is 55.6 Å². The van der Waals surface area contributed by atoms with E-state index in [9.17, 15) is 19.8 Å². The molecule has 0 aromatic carbocycles. The average molecular weight is 884 g/mol. The standard InChI is InChI=1S/C57H105NO5/c1-3-5-7-9-11-13-15-17-19-20-21-22-23-24-26-27-29-33-37-41-45-49-55(60)54(53-59)58-56(61)50-46-42-38-34-31-32-36-40-44-48-52-63-57(62)51-47-43-39-35-30-28-25-18-16-14-12-10-8-6-4-2/h12,14,18,25,32,36,45,49,54-55,59-60H,3-11,13,15-17,19-24,26-31,33-35,37-44,46-48,50-53H2,1-2H3,(H,58,61)/b14-12-,25-18-,36-32-,49-45+. The fourth-order valence-corrected chi connectivity index (χ4v) is 8.07. The summed E-state index contributed by atoms with van der Waals surface area (Å²) in [6.45, 7) is 4.78. The third kappa shape index (κ3) is 49.1. The summed E-state index contributed by atoms with van der Waals surface area (Å²) in [5.41, 5.74) is 0. The lowest BCUT2D eigenvalue weighted by atomic mass is 10.0. The van der Waals surface area contributed by atoms with Gasteiger partial charge >= 0.3 is 5.97 Å². The van der Waals surface area contributed by atoms with Gasteiger partial charge in [0.2, 0.25) is 5.91 Å². The maximum atomic E-state index is 12.5. The topological polar surface area (TPSA) is 95.9 Å². The quantitative estimate of drug-likeness (QED) is 0.0321. The van der Waals surface area contributed by atoms with Crippen LogP contribution < -0.4 is 5.32 Å². The van der Waals surface area contributed by atoms with Crippen molar-refractivity contribution in [1.29, 1.82) is 0 Å². The minimum Gasteiger partial charge on any atom is -0.466 e. The van der Waals surface area contributed by atoms with Crippen molar-refractivity contribution >= 4 is 11.9 Å². The number of esters is 1. The normalized spacial score (nSPS) is 13.0. The van der Waals surface area contributed by atoms with Crippen molar-refractivity contribution in [3.63, 3.8) is 0 Å². The molecule has 0 heterocycles. The van der Waals surface area contributed by atoms with Gasteiger partial charge in [0.25, 0.3) is 0 Å². The van der Waals surface area contributed by atoms with Crippen LogP contribution in [0.2, 0.25) is 0 Å². The van der Waals surface area contributed by atoms with Gasteiger partial charge in [-0.15, -0.1) is 0 Å². The monoisotopic (exact) mass is 884 g/mol. The zero-order valence-electron chi connectivity index (χ0n) is 41.8. The molecule has 0 bridgehead atoms. The molecule has 2 atom stereocenters. The summed E-state index contributed by atoms with van der Waals surface area (Å²) in [5.74, 6) is -0.157. The molecule has 0 spiro atoms. The minimum atomic E-state index is -0.869. The van der Waals surface area contributed by atoms with E-state index in [1.54, 1.807) is 6.08 Å². The highest BCUT2D eigenvalue weighted by molar-refractivity contribution is 5.76. The number of carbonyl (C=O) groups is 2. The molecule has 1 amide bonds. The van der Waals surface area contributed by atoms with Crippen molar-refractivity contribution in [2.24, 2.45) is 0 Å². The van der Waals surface area contributed by atoms with Crippen molar-refractivity contribution in [1.82, 2.24) is 5.32 Å². The van der Waals surface area contributed by atoms with E-state index in [0.29, 0.717) is 19.4 Å². The molecule has 0 aliphatic rings. The lowest BCUT2D eigenvalue weighted by Crippen LogP contribution is -2.45. The highest BCUT2D eigenvalue weighted by atomic mass is 16.5. The first-order valence-corrected chi connectivity index (χ1v) is 27.4. The van der Waals surface area contributed by atoms with Crippen molar-refractivity contribution in [2.45, 2.75) is 289 Å². The Morgan fingerprint density at radius 3 is 1.25 bits per heavy atom. The van der Waals surface area contributed by atoms with Crippen LogP contribution in [0.25, 0.3) is 0 Å². The van der Waals surface area contributed by atoms with Gasteiger partial charge in [-0.3, -0.25) is 9.59 Å². The first kappa shape index (κ1) is 60.8. The molecule has 0 aliphatic carbocycles. The number of hydrogen-bond donors (Lipinski definition) is 3. The number of aliphatic hydroxyl groups is 2. The van der Waals surface area contributed by atoms with E-state index in [0.717, 1.165) is 89.9 Å². The molecule has 0 fully saturated rings. The van der Waals surface area contributed by atoms with Crippen molar-refractivity contribution < 1.29 is 24.5 Å². The summed E-state index contributed by atoms with van der Waals surface area (Å²) in [6.07, 6.45) is 65.5. The predicted molar refractivity (Wildman–Crippen MR) is 273 cm³/mol. The van der Waals surface area contributed by atoms with Crippen LogP contribution in [0.5, 0.6) is 0 Å². The summed E-state index contributed by atoms with van der Waals surface area (Å²) in [5, 5.41) is 23.1. The number of nitrogens with one attached hydrogen (secondary N) is 1. The number of rotatable bonds is 50. The number of hydrogen-bond acceptors (Lipinski definition) is 5. The molecule has 3 N–H and O–H groups in total. The van der Waals surface area contributed by atoms with Crippen LogP contribution in [0, 0.1) is 0 Å². The lowest BCUT2D eigenvalue weighted by Gasteiger charge is -2.20. The van der Waals surface area contributed by atoms with Crippen molar-refractivity contribution in [3.8, 4) is 0 Å². The predicted octanol–water partition coefficient (Wildman–Crippen LogP) is 16.6. The summed E-state index contributed by atoms with van der Waals surface area (Å²) in [4.78, 5) is 24.5. The van der Waals surface area contributed by atoms with E-state index in [1.165, 1.54) is 161 Å². The van der Waals surface area contributed by atoms with Gasteiger partial charge in [0.15, 0.2) is 0 Å². The van der Waals surface area contributed by atoms with Crippen LogP contribution in [0.1, 0.15) is 277 Å². The second-order valence-corrected chi connectivity index (χ2v) is 18.5. The van der Waals surface area contributed by atoms with E-state index in [-0.39, 0.29) is 18.5 Å². The van der Waals surface area contributed by atoms with Gasteiger partial charge in [-0.2, -0.15) is 0 Å². The fraction of sp³-hybridized carbons (Fsp3) is 0.825. The Labute approximate surface area is 391 Å². The van der Waals surface area contributed by atoms with Gasteiger partial charge in [0, 0.05) is 12.8 Å². The highest BCUT2D eigenvalue weighted by Gasteiger charge is 2.18. The molecule has 0 saturated carbocycles. The van der Waals surface area contributed by atoms with Crippen LogP contribution >= 0.6 is 0 Å². The van der Waals surface area contributed by atoms with E-state index < -0.39 is 12.1 Å². The number of unbranched alkanes of at least 4 members (excludes halogenated alkanes) is 33. The first-order valence-electron chi connectivity index (χ1n) is 27.4. The summed E-state index contributed by atoms with van der Waals surface area (Å²) < 4.78 is 5.43. The molecule has 368 valence electrons. The SMILES string of the molecule is CCCCC/C=C\C/C=C\CCCCCCCC(=O)OCCCC/C=C\CCCCCCC(=O)NC(CO)C(O)/C=C/CCCCCCCCCCCCCCCCCCCCC. The number of aliphatic hydroxyl groups excluding tert-OH is 2. The summed E-state index contributed by atoms with van der Waals surface area (Å²) in [7, 11) is 0. The summed E-state index contributed by atoms with van der Waals surface area (Å²) >= 11 is 0. The van der Waals surface area contributed by atoms with E-state index >= 15 is 0 Å². The third-order valence-electron chi connectivity index (χ3n) is 12.3. The Morgan fingerprint density at radius 1 is 0.444 bits per heavy atom. The van der Waals surface area contributed by atoms with Gasteiger partial charge in [0.1, 0.15) is 0 Å². The molecule has 63 heavy (non-hydrogen) atoms. The minimum absolute atomic E-state index is 0.0527. The number of allylic oxidation sites excluding steroid dienone is 7. The summed E-state index contributed by atoms with van der Waals surface area (Å²) in [6, 6.07) is -0.656. The van der Waals surface area contributed by atoms with Crippen molar-refractivity contribution in [3.05, 3.63) is 48.6 Å². The zero-order chi connectivity index (χ0) is 45.8. The average Bonchev–Trinajstić information content (AvgIpc) is 3.28. The van der Waals surface area contributed by atoms with Gasteiger partial charge < -0.3 is 20.3 Å². The lowest BCUT2D eigenvalue weighted by molar-refractivity contribution is -0.143. The molecule has 0 aromatic rings. The van der Waals surface area contributed by atoms with Crippen LogP contribution in [0.3, 0.4) is 0 Å². The number of carbonyl (C=O) groups excluding carboxylic acids is 2. The van der Waals surface area contributed by atoms with Crippen LogP contribution in [-0.2, 0) is 14.3 Å². The molecule has 0 aliphatic heterocycles. The molecule has 0 rings (SSSR count). The van der Waals surface area contributed by atoms with Gasteiger partial charge in [0.05, 0.1) is 25.4 Å². The smallest absolute Gasteiger partial charge is 0.305 e. The number of ether oxygens (including phenoxy) is 1. The van der Waals surface area contributed by atoms with E-state index in [1.807, 2.05) is 6.08 Å². The number of amides is 1. The fourth-order valence-electron chi connectivity index (χ4n) is 8.07. The molecule has 6 nitrogen and oxygen atoms in total. The molecule has 2 unspecified atom stereocenters. The Balaban J connectivity index is 3.58. The largest absolute Gasteiger partial charge is 0.466 e. The molecular weight excluding hydrogens is 779 g/mol. The van der Waals surface area contributed by atoms with Gasteiger partial charge in [-0.05, 0) is 89.9 Å². The third-order valence-corrected chi connectivity index (χ3v) is 12.3. The zero-order valence-corrected chi connectivity index (χ0v) is 41.8. The van der Waals surface area contributed by atoms with Crippen LogP contribution in [0.15, 0.2) is 48.6 Å².